The summed E-state index contributed by atoms with van der Waals surface area (Å²) in [5.74, 6) is -0.128. The van der Waals surface area contributed by atoms with Crippen LogP contribution in [0, 0.1) is 0 Å². The van der Waals surface area contributed by atoms with Crippen LogP contribution in [0.4, 0.5) is 5.69 Å². The Morgan fingerprint density at radius 2 is 1.69 bits per heavy atom. The van der Waals surface area contributed by atoms with Crippen LogP contribution in [-0.4, -0.2) is 37.0 Å². The number of benzene rings is 2. The number of rotatable bonds is 3. The van der Waals surface area contributed by atoms with Gasteiger partial charge in [-0.25, -0.2) is 8.42 Å². The highest BCUT2D eigenvalue weighted by molar-refractivity contribution is 7.89. The molecule has 2 aliphatic heterocycles. The number of hydrogen-bond donors (Lipinski definition) is 0. The van der Waals surface area contributed by atoms with Crippen molar-refractivity contribution in [3.63, 3.8) is 0 Å². The van der Waals surface area contributed by atoms with Crippen molar-refractivity contribution in [3.05, 3.63) is 65.2 Å². The van der Waals surface area contributed by atoms with Gasteiger partial charge in [-0.15, -0.1) is 0 Å². The predicted octanol–water partition coefficient (Wildman–Crippen LogP) is 2.35. The molecular weight excluding hydrogens is 348 g/mol. The second kappa shape index (κ2) is 6.52. The van der Waals surface area contributed by atoms with E-state index in [1.54, 1.807) is 11.8 Å². The highest BCUT2D eigenvalue weighted by atomic mass is 32.2. The molecule has 0 saturated heterocycles. The largest absolute Gasteiger partial charge is 0.310 e. The Labute approximate surface area is 154 Å². The van der Waals surface area contributed by atoms with Crippen LogP contribution in [0.5, 0.6) is 0 Å². The number of amides is 1. The van der Waals surface area contributed by atoms with Crippen molar-refractivity contribution in [2.24, 2.45) is 0 Å². The van der Waals surface area contributed by atoms with Gasteiger partial charge in [-0.1, -0.05) is 42.5 Å². The Hall–Kier alpha value is -2.18. The first-order valence-electron chi connectivity index (χ1n) is 8.97. The van der Waals surface area contributed by atoms with Gasteiger partial charge in [0.25, 0.3) is 0 Å². The summed E-state index contributed by atoms with van der Waals surface area (Å²) >= 11 is 0. The highest BCUT2D eigenvalue weighted by Gasteiger charge is 2.41. The summed E-state index contributed by atoms with van der Waals surface area (Å²) in [6.45, 7) is 2.50. The molecule has 0 radical (unpaired) electrons. The van der Waals surface area contributed by atoms with Crippen molar-refractivity contribution in [2.75, 3.05) is 17.2 Å². The average molecular weight is 370 g/mol. The van der Waals surface area contributed by atoms with Gasteiger partial charge in [0, 0.05) is 18.8 Å². The zero-order valence-electron chi connectivity index (χ0n) is 14.8. The minimum Gasteiger partial charge on any atom is -0.310 e. The Kier molecular flexibility index (Phi) is 4.32. The van der Waals surface area contributed by atoms with E-state index in [4.69, 9.17) is 0 Å². The number of carbonyl (C=O) groups is 1. The molecule has 136 valence electrons. The van der Waals surface area contributed by atoms with E-state index in [0.29, 0.717) is 13.0 Å². The summed E-state index contributed by atoms with van der Waals surface area (Å²) in [6, 6.07) is 15.0. The molecule has 0 saturated carbocycles. The van der Waals surface area contributed by atoms with Gasteiger partial charge in [0.05, 0.1) is 5.75 Å². The number of nitrogens with zero attached hydrogens (tertiary/aromatic N) is 2. The summed E-state index contributed by atoms with van der Waals surface area (Å²) in [6.07, 6.45) is 1.23. The fourth-order valence-electron chi connectivity index (χ4n) is 3.91. The maximum atomic E-state index is 13.4. The van der Waals surface area contributed by atoms with Crippen LogP contribution in [-0.2, 0) is 34.2 Å². The van der Waals surface area contributed by atoms with Gasteiger partial charge in [-0.05, 0) is 42.5 Å². The fourth-order valence-corrected chi connectivity index (χ4v) is 5.13. The molecule has 0 fully saturated rings. The molecule has 2 aromatic carbocycles. The van der Waals surface area contributed by atoms with Crippen molar-refractivity contribution >= 4 is 21.6 Å². The standard InChI is InChI=1S/C20H22N2O3S/c1-2-26(24,25)22-14-17-9-4-3-8-16(17)13-19(22)20(23)21-12-11-15-7-5-6-10-18(15)21/h3-10,19H,2,11-14H2,1H3/t19-/m1/s1. The van der Waals surface area contributed by atoms with Crippen molar-refractivity contribution in [1.29, 1.82) is 0 Å². The second-order valence-electron chi connectivity index (χ2n) is 6.80. The summed E-state index contributed by atoms with van der Waals surface area (Å²) in [4.78, 5) is 15.1. The first kappa shape index (κ1) is 17.2. The van der Waals surface area contributed by atoms with E-state index in [1.807, 2.05) is 48.5 Å². The maximum absolute atomic E-state index is 13.4. The van der Waals surface area contributed by atoms with Crippen molar-refractivity contribution in [3.8, 4) is 0 Å². The van der Waals surface area contributed by atoms with Crippen LogP contribution in [0.25, 0.3) is 0 Å². The number of para-hydroxylation sites is 1. The average Bonchev–Trinajstić information content (AvgIpc) is 3.10. The molecule has 0 N–H and O–H groups in total. The third kappa shape index (κ3) is 2.83. The van der Waals surface area contributed by atoms with Crippen LogP contribution in [0.2, 0.25) is 0 Å². The first-order chi connectivity index (χ1) is 12.5. The molecule has 0 spiro atoms. The molecule has 0 aliphatic carbocycles. The van der Waals surface area contributed by atoms with Crippen LogP contribution in [0.15, 0.2) is 48.5 Å². The third-order valence-electron chi connectivity index (χ3n) is 5.37. The molecule has 1 atom stereocenters. The van der Waals surface area contributed by atoms with Crippen molar-refractivity contribution in [1.82, 2.24) is 4.31 Å². The molecule has 1 amide bonds. The smallest absolute Gasteiger partial charge is 0.245 e. The zero-order chi connectivity index (χ0) is 18.3. The number of hydrogen-bond acceptors (Lipinski definition) is 3. The molecule has 2 aliphatic rings. The molecule has 0 aromatic heterocycles. The van der Waals surface area contributed by atoms with Gasteiger partial charge in [-0.3, -0.25) is 4.79 Å². The zero-order valence-corrected chi connectivity index (χ0v) is 15.6. The van der Waals surface area contributed by atoms with Crippen LogP contribution in [0.1, 0.15) is 23.6 Å². The maximum Gasteiger partial charge on any atom is 0.245 e. The topological polar surface area (TPSA) is 57.7 Å². The van der Waals surface area contributed by atoms with Crippen LogP contribution >= 0.6 is 0 Å². The Bertz CT molecular complexity index is 955. The summed E-state index contributed by atoms with van der Waals surface area (Å²) in [5, 5.41) is 0. The van der Waals surface area contributed by atoms with E-state index in [2.05, 4.69) is 0 Å². The number of carbonyl (C=O) groups excluding carboxylic acids is 1. The van der Waals surface area contributed by atoms with Gasteiger partial charge in [0.15, 0.2) is 0 Å². The second-order valence-corrected chi connectivity index (χ2v) is 9.01. The Morgan fingerprint density at radius 3 is 2.42 bits per heavy atom. The van der Waals surface area contributed by atoms with E-state index in [-0.39, 0.29) is 18.2 Å². The van der Waals surface area contributed by atoms with Gasteiger partial charge >= 0.3 is 0 Å². The minimum atomic E-state index is -3.48. The van der Waals surface area contributed by atoms with Gasteiger partial charge in [0.1, 0.15) is 6.04 Å². The quantitative estimate of drug-likeness (QED) is 0.833. The summed E-state index contributed by atoms with van der Waals surface area (Å²) < 4.78 is 26.8. The summed E-state index contributed by atoms with van der Waals surface area (Å²) in [7, 11) is -3.48. The van der Waals surface area contributed by atoms with E-state index in [9.17, 15) is 13.2 Å². The molecule has 6 heteroatoms. The lowest BCUT2D eigenvalue weighted by atomic mass is 9.95. The number of anilines is 1. The van der Waals surface area contributed by atoms with Gasteiger partial charge in [-0.2, -0.15) is 4.31 Å². The highest BCUT2D eigenvalue weighted by Crippen LogP contribution is 2.32. The lowest BCUT2D eigenvalue weighted by Crippen LogP contribution is -2.53. The Balaban J connectivity index is 1.72. The lowest BCUT2D eigenvalue weighted by molar-refractivity contribution is -0.122. The van der Waals surface area contributed by atoms with E-state index in [1.165, 1.54) is 4.31 Å². The molecule has 26 heavy (non-hydrogen) atoms. The van der Waals surface area contributed by atoms with Crippen LogP contribution < -0.4 is 4.90 Å². The molecular formula is C20H22N2O3S. The molecule has 0 unspecified atom stereocenters. The normalized spacial score (nSPS) is 19.9. The van der Waals surface area contributed by atoms with Crippen molar-refractivity contribution in [2.45, 2.75) is 32.4 Å². The third-order valence-corrected chi connectivity index (χ3v) is 7.19. The molecule has 2 aromatic rings. The predicted molar refractivity (Wildman–Crippen MR) is 101 cm³/mol. The fraction of sp³-hybridized carbons (Fsp3) is 0.350. The van der Waals surface area contributed by atoms with E-state index in [0.717, 1.165) is 28.8 Å². The lowest BCUT2D eigenvalue weighted by Gasteiger charge is -2.36. The molecule has 0 bridgehead atoms. The summed E-state index contributed by atoms with van der Waals surface area (Å²) in [5.41, 5.74) is 4.09. The van der Waals surface area contributed by atoms with Gasteiger partial charge < -0.3 is 4.90 Å². The molecule has 4 rings (SSSR count). The minimum absolute atomic E-state index is 0.00443. The van der Waals surface area contributed by atoms with Crippen molar-refractivity contribution < 1.29 is 13.2 Å². The molecule has 2 heterocycles. The van der Waals surface area contributed by atoms with E-state index >= 15 is 0 Å². The number of fused-ring (bicyclic) bond motifs is 2. The monoisotopic (exact) mass is 370 g/mol. The SMILES string of the molecule is CCS(=O)(=O)N1Cc2ccccc2C[C@@H]1C(=O)N1CCc2ccccc21. The first-order valence-corrected chi connectivity index (χ1v) is 10.6. The van der Waals surface area contributed by atoms with Gasteiger partial charge in [0.2, 0.25) is 15.9 Å². The molecule has 5 nitrogen and oxygen atoms in total. The van der Waals surface area contributed by atoms with Crippen LogP contribution in [0.3, 0.4) is 0 Å². The Morgan fingerprint density at radius 1 is 1.04 bits per heavy atom. The van der Waals surface area contributed by atoms with E-state index < -0.39 is 16.1 Å². The number of sulfonamides is 1.